The van der Waals surface area contributed by atoms with Crippen LogP contribution in [0, 0.1) is 0 Å². The molecule has 0 aliphatic rings. The van der Waals surface area contributed by atoms with Crippen molar-refractivity contribution in [1.82, 2.24) is 19.5 Å². The number of nitrogens with one attached hydrogen (secondary N) is 1. The first-order valence-corrected chi connectivity index (χ1v) is 7.40. The molecular formula is C17H17N5O2. The molecule has 0 atom stereocenters. The number of hydrogen-bond donors (Lipinski definition) is 1. The molecule has 0 radical (unpaired) electrons. The quantitative estimate of drug-likeness (QED) is 0.800. The van der Waals surface area contributed by atoms with Gasteiger partial charge < -0.3 is 4.90 Å². The summed E-state index contributed by atoms with van der Waals surface area (Å²) in [6.07, 6.45) is 1.81. The Morgan fingerprint density at radius 2 is 1.92 bits per heavy atom. The summed E-state index contributed by atoms with van der Waals surface area (Å²) in [5, 5.41) is 6.78. The molecule has 24 heavy (non-hydrogen) atoms. The molecular weight excluding hydrogens is 306 g/mol. The minimum atomic E-state index is -0.221. The van der Waals surface area contributed by atoms with Crippen LogP contribution in [0.25, 0.3) is 16.8 Å². The van der Waals surface area contributed by atoms with Crippen LogP contribution < -0.4 is 5.32 Å². The highest BCUT2D eigenvalue weighted by molar-refractivity contribution is 5.95. The van der Waals surface area contributed by atoms with Crippen LogP contribution in [0.5, 0.6) is 0 Å². The number of nitrogens with zero attached hydrogens (tertiary/aromatic N) is 4. The van der Waals surface area contributed by atoms with Gasteiger partial charge in [0.25, 0.3) is 5.91 Å². The van der Waals surface area contributed by atoms with Gasteiger partial charge in [0.2, 0.25) is 11.9 Å². The summed E-state index contributed by atoms with van der Waals surface area (Å²) in [7, 11) is 3.44. The average Bonchev–Trinajstić information content (AvgIpc) is 2.94. The van der Waals surface area contributed by atoms with Gasteiger partial charge in [-0.2, -0.15) is 4.98 Å². The van der Waals surface area contributed by atoms with Crippen LogP contribution >= 0.6 is 0 Å². The number of rotatable bonds is 3. The predicted molar refractivity (Wildman–Crippen MR) is 90.7 cm³/mol. The molecule has 122 valence electrons. The lowest BCUT2D eigenvalue weighted by Gasteiger charge is -2.11. The third-order valence-corrected chi connectivity index (χ3v) is 3.47. The number of pyridine rings is 1. The van der Waals surface area contributed by atoms with Gasteiger partial charge in [-0.05, 0) is 29.8 Å². The van der Waals surface area contributed by atoms with E-state index in [-0.39, 0.29) is 17.8 Å². The standard InChI is InChI=1S/C17H17N5O2/c1-11(23)18-17-19-15-8-7-14(10-22(15)20-17)12-5-4-6-13(9-12)16(24)21(2)3/h4-10H,1-3H3,(H,18,20,23). The lowest BCUT2D eigenvalue weighted by atomic mass is 10.0. The zero-order chi connectivity index (χ0) is 17.3. The van der Waals surface area contributed by atoms with Gasteiger partial charge in [0.15, 0.2) is 5.65 Å². The van der Waals surface area contributed by atoms with E-state index in [1.165, 1.54) is 6.92 Å². The van der Waals surface area contributed by atoms with E-state index in [2.05, 4.69) is 15.4 Å². The lowest BCUT2D eigenvalue weighted by Crippen LogP contribution is -2.21. The third kappa shape index (κ3) is 3.10. The van der Waals surface area contributed by atoms with Crippen molar-refractivity contribution >= 4 is 23.4 Å². The Hall–Kier alpha value is -3.22. The van der Waals surface area contributed by atoms with E-state index in [4.69, 9.17) is 0 Å². The normalized spacial score (nSPS) is 10.6. The molecule has 0 fully saturated rings. The van der Waals surface area contributed by atoms with Gasteiger partial charge >= 0.3 is 0 Å². The summed E-state index contributed by atoms with van der Waals surface area (Å²) in [5.41, 5.74) is 3.05. The fourth-order valence-electron chi connectivity index (χ4n) is 2.35. The maximum atomic E-state index is 12.1. The van der Waals surface area contributed by atoms with Crippen LogP contribution in [0.15, 0.2) is 42.6 Å². The van der Waals surface area contributed by atoms with E-state index in [9.17, 15) is 9.59 Å². The van der Waals surface area contributed by atoms with E-state index in [0.29, 0.717) is 11.2 Å². The second-order valence-electron chi connectivity index (χ2n) is 5.62. The number of aromatic nitrogens is 3. The first kappa shape index (κ1) is 15.7. The van der Waals surface area contributed by atoms with E-state index in [1.807, 2.05) is 36.5 Å². The molecule has 7 nitrogen and oxygen atoms in total. The molecule has 2 amide bonds. The zero-order valence-electron chi connectivity index (χ0n) is 13.6. The Balaban J connectivity index is 1.98. The largest absolute Gasteiger partial charge is 0.345 e. The summed E-state index contributed by atoms with van der Waals surface area (Å²) < 4.78 is 1.60. The highest BCUT2D eigenvalue weighted by Crippen LogP contribution is 2.21. The molecule has 0 aliphatic heterocycles. The minimum absolute atomic E-state index is 0.0494. The van der Waals surface area contributed by atoms with E-state index in [0.717, 1.165) is 11.1 Å². The monoisotopic (exact) mass is 323 g/mol. The van der Waals surface area contributed by atoms with Crippen LogP contribution in [-0.2, 0) is 4.79 Å². The van der Waals surface area contributed by atoms with E-state index < -0.39 is 0 Å². The third-order valence-electron chi connectivity index (χ3n) is 3.47. The molecule has 0 unspecified atom stereocenters. The SMILES string of the molecule is CC(=O)Nc1nc2ccc(-c3cccc(C(=O)N(C)C)c3)cn2n1. The van der Waals surface area contributed by atoms with E-state index in [1.54, 1.807) is 29.6 Å². The molecule has 0 saturated heterocycles. The van der Waals surface area contributed by atoms with Crippen LogP contribution in [0.3, 0.4) is 0 Å². The number of carbonyl (C=O) groups is 2. The maximum Gasteiger partial charge on any atom is 0.253 e. The summed E-state index contributed by atoms with van der Waals surface area (Å²) in [5.74, 6) is -0.0103. The first-order chi connectivity index (χ1) is 11.4. The lowest BCUT2D eigenvalue weighted by molar-refractivity contribution is -0.114. The molecule has 2 heterocycles. The number of anilines is 1. The van der Waals surface area contributed by atoms with Gasteiger partial charge in [-0.3, -0.25) is 14.9 Å². The van der Waals surface area contributed by atoms with Gasteiger partial charge in [-0.1, -0.05) is 12.1 Å². The zero-order valence-corrected chi connectivity index (χ0v) is 13.6. The van der Waals surface area contributed by atoms with Crippen LogP contribution in [0.4, 0.5) is 5.95 Å². The summed E-state index contributed by atoms with van der Waals surface area (Å²) in [6.45, 7) is 1.41. The molecule has 0 bridgehead atoms. The van der Waals surface area contributed by atoms with Crippen molar-refractivity contribution in [3.05, 3.63) is 48.2 Å². The second kappa shape index (κ2) is 6.11. The number of carbonyl (C=O) groups excluding carboxylic acids is 2. The summed E-state index contributed by atoms with van der Waals surface area (Å²) >= 11 is 0. The second-order valence-corrected chi connectivity index (χ2v) is 5.62. The van der Waals surface area contributed by atoms with E-state index >= 15 is 0 Å². The Morgan fingerprint density at radius 1 is 1.12 bits per heavy atom. The Labute approximate surface area is 138 Å². The fraction of sp³-hybridized carbons (Fsp3) is 0.176. The van der Waals surface area contributed by atoms with Crippen LogP contribution in [0.1, 0.15) is 17.3 Å². The van der Waals surface area contributed by atoms with Gasteiger partial charge in [0, 0.05) is 38.3 Å². The van der Waals surface area contributed by atoms with Crippen molar-refractivity contribution in [3.8, 4) is 11.1 Å². The summed E-state index contributed by atoms with van der Waals surface area (Å²) in [4.78, 5) is 29.0. The van der Waals surface area contributed by atoms with Crippen molar-refractivity contribution < 1.29 is 9.59 Å². The summed E-state index contributed by atoms with van der Waals surface area (Å²) in [6, 6.07) is 11.1. The molecule has 3 rings (SSSR count). The molecule has 0 saturated carbocycles. The number of benzene rings is 1. The smallest absolute Gasteiger partial charge is 0.253 e. The molecule has 0 spiro atoms. The van der Waals surface area contributed by atoms with Gasteiger partial charge in [0.05, 0.1) is 0 Å². The predicted octanol–water partition coefficient (Wildman–Crippen LogP) is 2.06. The van der Waals surface area contributed by atoms with Gasteiger partial charge in [-0.25, -0.2) is 4.52 Å². The van der Waals surface area contributed by atoms with Crippen molar-refractivity contribution in [1.29, 1.82) is 0 Å². The molecule has 1 aromatic carbocycles. The number of hydrogen-bond acceptors (Lipinski definition) is 4. The van der Waals surface area contributed by atoms with Gasteiger partial charge in [-0.15, -0.1) is 5.10 Å². The number of fused-ring (bicyclic) bond motifs is 1. The van der Waals surface area contributed by atoms with Crippen molar-refractivity contribution in [2.24, 2.45) is 0 Å². The Bertz CT molecular complexity index is 930. The molecule has 0 aliphatic carbocycles. The molecule has 2 aromatic heterocycles. The van der Waals surface area contributed by atoms with Gasteiger partial charge in [0.1, 0.15) is 0 Å². The van der Waals surface area contributed by atoms with Crippen molar-refractivity contribution in [2.45, 2.75) is 6.92 Å². The van der Waals surface area contributed by atoms with Crippen LogP contribution in [0.2, 0.25) is 0 Å². The molecule has 1 N–H and O–H groups in total. The van der Waals surface area contributed by atoms with Crippen LogP contribution in [-0.4, -0.2) is 45.4 Å². The Kier molecular flexibility index (Phi) is 3.99. The highest BCUT2D eigenvalue weighted by atomic mass is 16.2. The maximum absolute atomic E-state index is 12.1. The van der Waals surface area contributed by atoms with Crippen molar-refractivity contribution in [3.63, 3.8) is 0 Å². The molecule has 3 aromatic rings. The highest BCUT2D eigenvalue weighted by Gasteiger charge is 2.10. The molecule has 7 heteroatoms. The topological polar surface area (TPSA) is 79.6 Å². The minimum Gasteiger partial charge on any atom is -0.345 e. The average molecular weight is 323 g/mol. The Morgan fingerprint density at radius 3 is 2.62 bits per heavy atom. The number of amides is 2. The van der Waals surface area contributed by atoms with Crippen molar-refractivity contribution in [2.75, 3.05) is 19.4 Å². The first-order valence-electron chi connectivity index (χ1n) is 7.40. The fourth-order valence-corrected chi connectivity index (χ4v) is 2.35.